The van der Waals surface area contributed by atoms with Gasteiger partial charge >= 0.3 is 0 Å². The van der Waals surface area contributed by atoms with Gasteiger partial charge in [-0.05, 0) is 37.8 Å². The highest BCUT2D eigenvalue weighted by molar-refractivity contribution is 9.11. The van der Waals surface area contributed by atoms with Gasteiger partial charge in [-0.1, -0.05) is 46.8 Å². The molecule has 0 atom stereocenters. The topological polar surface area (TPSA) is 3.24 Å². The molecule has 0 radical (unpaired) electrons. The predicted octanol–water partition coefficient (Wildman–Crippen LogP) is 5.39. The van der Waals surface area contributed by atoms with Crippen LogP contribution in [0.5, 0.6) is 0 Å². The SMILES string of the molecule is CC=CC1=C(CC)N(CC)C=C(C=C(C)Br)S1. The van der Waals surface area contributed by atoms with Crippen LogP contribution in [0.4, 0.5) is 0 Å². The van der Waals surface area contributed by atoms with Crippen molar-refractivity contribution in [2.24, 2.45) is 0 Å². The smallest absolute Gasteiger partial charge is 0.0314 e. The Balaban J connectivity index is 3.08. The summed E-state index contributed by atoms with van der Waals surface area (Å²) in [5.74, 6) is 0. The van der Waals surface area contributed by atoms with E-state index in [1.54, 1.807) is 0 Å². The summed E-state index contributed by atoms with van der Waals surface area (Å²) in [6.45, 7) is 9.56. The first-order valence-electron chi connectivity index (χ1n) is 5.98. The molecule has 0 spiro atoms. The zero-order valence-corrected chi connectivity index (χ0v) is 13.4. The van der Waals surface area contributed by atoms with E-state index >= 15 is 0 Å². The van der Waals surface area contributed by atoms with E-state index in [0.29, 0.717) is 0 Å². The van der Waals surface area contributed by atoms with Gasteiger partial charge in [-0.15, -0.1) is 0 Å². The van der Waals surface area contributed by atoms with Crippen molar-refractivity contribution in [3.8, 4) is 0 Å². The highest BCUT2D eigenvalue weighted by atomic mass is 79.9. The van der Waals surface area contributed by atoms with Crippen molar-refractivity contribution in [2.45, 2.75) is 34.1 Å². The third kappa shape index (κ3) is 4.07. The second kappa shape index (κ2) is 7.12. The summed E-state index contributed by atoms with van der Waals surface area (Å²) < 4.78 is 1.16. The first kappa shape index (κ1) is 14.7. The van der Waals surface area contributed by atoms with Gasteiger partial charge in [0.15, 0.2) is 0 Å². The lowest BCUT2D eigenvalue weighted by Crippen LogP contribution is -2.19. The van der Waals surface area contributed by atoms with E-state index in [9.17, 15) is 0 Å². The quantitative estimate of drug-likeness (QED) is 0.684. The minimum absolute atomic E-state index is 1.02. The Morgan fingerprint density at radius 2 is 2.18 bits per heavy atom. The van der Waals surface area contributed by atoms with Gasteiger partial charge in [-0.2, -0.15) is 0 Å². The van der Waals surface area contributed by atoms with Crippen LogP contribution in [0.1, 0.15) is 34.1 Å². The van der Waals surface area contributed by atoms with Crippen molar-refractivity contribution in [1.29, 1.82) is 0 Å². The van der Waals surface area contributed by atoms with Crippen LogP contribution >= 0.6 is 27.7 Å². The molecule has 0 saturated heterocycles. The zero-order chi connectivity index (χ0) is 12.8. The number of nitrogens with zero attached hydrogens (tertiary/aromatic N) is 1. The minimum Gasteiger partial charge on any atom is -0.350 e. The molecule has 1 heterocycles. The van der Waals surface area contributed by atoms with Gasteiger partial charge in [-0.3, -0.25) is 0 Å². The summed E-state index contributed by atoms with van der Waals surface area (Å²) in [5.41, 5.74) is 1.42. The molecule has 94 valence electrons. The molecule has 1 aliphatic rings. The number of thioether (sulfide) groups is 1. The largest absolute Gasteiger partial charge is 0.350 e. The molecule has 3 heteroatoms. The highest BCUT2D eigenvalue weighted by Gasteiger charge is 2.16. The van der Waals surface area contributed by atoms with Crippen molar-refractivity contribution in [2.75, 3.05) is 6.54 Å². The van der Waals surface area contributed by atoms with E-state index in [1.165, 1.54) is 15.5 Å². The van der Waals surface area contributed by atoms with Gasteiger partial charge in [0.05, 0.1) is 0 Å². The number of allylic oxidation sites excluding steroid dienone is 5. The van der Waals surface area contributed by atoms with E-state index in [0.717, 1.165) is 17.4 Å². The summed E-state index contributed by atoms with van der Waals surface area (Å²) in [6.07, 6.45) is 9.79. The summed E-state index contributed by atoms with van der Waals surface area (Å²) in [7, 11) is 0. The van der Waals surface area contributed by atoms with Crippen molar-refractivity contribution >= 4 is 27.7 Å². The third-order valence-electron chi connectivity index (χ3n) is 2.48. The van der Waals surface area contributed by atoms with Crippen molar-refractivity contribution < 1.29 is 0 Å². The van der Waals surface area contributed by atoms with Crippen LogP contribution in [0.3, 0.4) is 0 Å². The van der Waals surface area contributed by atoms with Gasteiger partial charge in [0.2, 0.25) is 0 Å². The Morgan fingerprint density at radius 3 is 2.65 bits per heavy atom. The molecular weight excluding hydrogens is 294 g/mol. The lowest BCUT2D eigenvalue weighted by molar-refractivity contribution is 0.471. The fraction of sp³-hybridized carbons (Fsp3) is 0.429. The average Bonchev–Trinajstić information content (AvgIpc) is 2.28. The van der Waals surface area contributed by atoms with E-state index in [1.807, 2.05) is 11.8 Å². The molecule has 0 amide bonds. The Bertz CT molecular complexity index is 387. The second-order valence-corrected chi connectivity index (χ2v) is 6.18. The number of rotatable bonds is 4. The molecule has 0 aromatic rings. The number of halogens is 1. The summed E-state index contributed by atoms with van der Waals surface area (Å²) >= 11 is 5.34. The molecule has 0 bridgehead atoms. The van der Waals surface area contributed by atoms with E-state index in [-0.39, 0.29) is 0 Å². The molecule has 17 heavy (non-hydrogen) atoms. The maximum atomic E-state index is 3.50. The minimum atomic E-state index is 1.02. The Labute approximate surface area is 117 Å². The fourth-order valence-corrected chi connectivity index (χ4v) is 3.44. The van der Waals surface area contributed by atoms with E-state index in [4.69, 9.17) is 0 Å². The van der Waals surface area contributed by atoms with Gasteiger partial charge in [0.1, 0.15) is 0 Å². The standard InChI is InChI=1S/C14H20BrNS/c1-5-8-14-13(6-2)16(7-3)10-12(17-14)9-11(4)15/h5,8-10H,6-7H2,1-4H3. The van der Waals surface area contributed by atoms with Gasteiger partial charge in [0.25, 0.3) is 0 Å². The van der Waals surface area contributed by atoms with Crippen molar-refractivity contribution in [3.05, 3.63) is 44.4 Å². The Hall–Kier alpha value is -0.410. The third-order valence-corrected chi connectivity index (χ3v) is 3.76. The molecule has 1 rings (SSSR count). The van der Waals surface area contributed by atoms with Crippen molar-refractivity contribution in [1.82, 2.24) is 4.90 Å². The van der Waals surface area contributed by atoms with Crippen LogP contribution in [0.25, 0.3) is 0 Å². The van der Waals surface area contributed by atoms with E-state index < -0.39 is 0 Å². The predicted molar refractivity (Wildman–Crippen MR) is 82.9 cm³/mol. The maximum absolute atomic E-state index is 3.50. The zero-order valence-electron chi connectivity index (χ0n) is 11.0. The fourth-order valence-electron chi connectivity index (χ4n) is 1.79. The van der Waals surface area contributed by atoms with Crippen LogP contribution < -0.4 is 0 Å². The molecule has 0 unspecified atom stereocenters. The highest BCUT2D eigenvalue weighted by Crippen LogP contribution is 2.38. The number of hydrogen-bond donors (Lipinski definition) is 0. The molecular formula is C14H20BrNS. The first-order chi connectivity index (χ1) is 8.12. The molecule has 0 saturated carbocycles. The van der Waals surface area contributed by atoms with E-state index in [2.05, 4.69) is 73.0 Å². The molecule has 1 aliphatic heterocycles. The van der Waals surface area contributed by atoms with Crippen LogP contribution in [0, 0.1) is 0 Å². The molecule has 0 N–H and O–H groups in total. The first-order valence-corrected chi connectivity index (χ1v) is 7.59. The summed E-state index contributed by atoms with van der Waals surface area (Å²) in [4.78, 5) is 4.99. The second-order valence-electron chi connectivity index (χ2n) is 3.82. The van der Waals surface area contributed by atoms with Crippen LogP contribution in [0.15, 0.2) is 44.4 Å². The van der Waals surface area contributed by atoms with Crippen LogP contribution in [-0.2, 0) is 0 Å². The van der Waals surface area contributed by atoms with Gasteiger partial charge in [-0.25, -0.2) is 0 Å². The number of hydrogen-bond acceptors (Lipinski definition) is 2. The molecule has 0 fully saturated rings. The maximum Gasteiger partial charge on any atom is 0.0314 e. The molecule has 0 aromatic heterocycles. The lowest BCUT2D eigenvalue weighted by atomic mass is 10.2. The summed E-state index contributed by atoms with van der Waals surface area (Å²) in [6, 6.07) is 0. The van der Waals surface area contributed by atoms with Crippen molar-refractivity contribution in [3.63, 3.8) is 0 Å². The monoisotopic (exact) mass is 313 g/mol. The normalized spacial score (nSPS) is 18.1. The van der Waals surface area contributed by atoms with Gasteiger partial charge < -0.3 is 4.90 Å². The Kier molecular flexibility index (Phi) is 6.14. The molecule has 0 aromatic carbocycles. The van der Waals surface area contributed by atoms with Gasteiger partial charge in [0, 0.05) is 28.3 Å². The van der Waals surface area contributed by atoms with Crippen LogP contribution in [-0.4, -0.2) is 11.4 Å². The lowest BCUT2D eigenvalue weighted by Gasteiger charge is -2.28. The Morgan fingerprint density at radius 1 is 1.47 bits per heavy atom. The summed E-state index contributed by atoms with van der Waals surface area (Å²) in [5, 5.41) is 0. The molecule has 0 aliphatic carbocycles. The average molecular weight is 314 g/mol. The molecule has 1 nitrogen and oxygen atoms in total. The van der Waals surface area contributed by atoms with Crippen LogP contribution in [0.2, 0.25) is 0 Å².